The molecule has 3 heteroatoms. The first-order valence-corrected chi connectivity index (χ1v) is 10.5. The molecule has 1 heterocycles. The van der Waals surface area contributed by atoms with E-state index in [-0.39, 0.29) is 11.0 Å². The highest BCUT2D eigenvalue weighted by molar-refractivity contribution is 14.1. The Hall–Kier alpha value is -0.450. The monoisotopic (exact) mass is 440 g/mol. The molecule has 1 N–H and O–H groups in total. The Morgan fingerprint density at radius 1 is 1.17 bits per heavy atom. The summed E-state index contributed by atoms with van der Waals surface area (Å²) in [6.45, 7) is 9.79. The maximum absolute atomic E-state index is 10.2. The smallest absolute Gasteiger partial charge is 0.129 e. The molecule has 4 atom stereocenters. The van der Waals surface area contributed by atoms with Gasteiger partial charge in [0, 0.05) is 16.9 Å². The fourth-order valence-electron chi connectivity index (χ4n) is 6.22. The lowest BCUT2D eigenvalue weighted by Gasteiger charge is -2.66. The number of phenolic OH excluding ortho intramolecular Hbond substituents is 1. The third-order valence-electron chi connectivity index (χ3n) is 7.83. The minimum Gasteiger partial charge on any atom is -0.507 e. The van der Waals surface area contributed by atoms with Crippen LogP contribution in [0.25, 0.3) is 0 Å². The zero-order chi connectivity index (χ0) is 17.3. The van der Waals surface area contributed by atoms with Crippen LogP contribution >= 0.6 is 22.6 Å². The van der Waals surface area contributed by atoms with Crippen LogP contribution in [0, 0.1) is 26.2 Å². The van der Waals surface area contributed by atoms with Gasteiger partial charge in [0.05, 0.1) is 3.57 Å². The van der Waals surface area contributed by atoms with Gasteiger partial charge in [-0.25, -0.2) is 0 Å². The summed E-state index contributed by atoms with van der Waals surface area (Å²) in [5.74, 6) is 2.68. The van der Waals surface area contributed by atoms with Crippen LogP contribution < -0.4 is 4.74 Å². The van der Waals surface area contributed by atoms with Gasteiger partial charge in [-0.1, -0.05) is 27.7 Å². The first-order valence-electron chi connectivity index (χ1n) is 9.41. The van der Waals surface area contributed by atoms with Gasteiger partial charge >= 0.3 is 0 Å². The lowest BCUT2D eigenvalue weighted by molar-refractivity contribution is -0.210. The van der Waals surface area contributed by atoms with E-state index in [0.717, 1.165) is 15.7 Å². The Bertz CT molecular complexity index is 683. The zero-order valence-corrected chi connectivity index (χ0v) is 17.4. The fraction of sp³-hybridized carbons (Fsp3) is 0.714. The van der Waals surface area contributed by atoms with Gasteiger partial charge in [-0.15, -0.1) is 0 Å². The van der Waals surface area contributed by atoms with Crippen molar-refractivity contribution < 1.29 is 9.84 Å². The number of hydrogen-bond acceptors (Lipinski definition) is 2. The highest BCUT2D eigenvalue weighted by Crippen LogP contribution is 2.66. The first kappa shape index (κ1) is 17.0. The molecule has 4 unspecified atom stereocenters. The summed E-state index contributed by atoms with van der Waals surface area (Å²) < 4.78 is 7.93. The van der Waals surface area contributed by atoms with Crippen molar-refractivity contribution in [2.75, 3.05) is 0 Å². The molecular weight excluding hydrogens is 411 g/mol. The highest BCUT2D eigenvalue weighted by atomic mass is 127. The standard InChI is InChI=1S/C21H29IO2/c1-13-6-9-17-19(2,3)10-5-11-21(17)20(13,4)12-14-16(24-21)8-7-15(23)18(14)22/h7-8,13,17,23H,5-6,9-12H2,1-4H3. The Morgan fingerprint density at radius 3 is 2.67 bits per heavy atom. The fourth-order valence-corrected chi connectivity index (χ4v) is 6.86. The number of ether oxygens (including phenoxy) is 1. The van der Waals surface area contributed by atoms with Crippen LogP contribution in [0.1, 0.15) is 65.4 Å². The Balaban J connectivity index is 1.91. The largest absolute Gasteiger partial charge is 0.507 e. The van der Waals surface area contributed by atoms with Crippen LogP contribution in [0.4, 0.5) is 0 Å². The number of phenols is 1. The molecule has 1 aromatic rings. The average molecular weight is 440 g/mol. The van der Waals surface area contributed by atoms with E-state index in [0.29, 0.717) is 23.0 Å². The van der Waals surface area contributed by atoms with Crippen molar-refractivity contribution in [3.63, 3.8) is 0 Å². The number of fused-ring (bicyclic) bond motifs is 1. The Morgan fingerprint density at radius 2 is 1.92 bits per heavy atom. The molecule has 0 bridgehead atoms. The van der Waals surface area contributed by atoms with Gasteiger partial charge in [0.15, 0.2) is 0 Å². The predicted molar refractivity (Wildman–Crippen MR) is 106 cm³/mol. The lowest BCUT2D eigenvalue weighted by atomic mass is 9.44. The van der Waals surface area contributed by atoms with Gasteiger partial charge in [0.25, 0.3) is 0 Å². The molecule has 24 heavy (non-hydrogen) atoms. The lowest BCUT2D eigenvalue weighted by Crippen LogP contribution is -2.68. The van der Waals surface area contributed by atoms with Gasteiger partial charge in [-0.05, 0) is 84.6 Å². The van der Waals surface area contributed by atoms with Gasteiger partial charge in [0.1, 0.15) is 17.1 Å². The predicted octanol–water partition coefficient (Wildman–Crippen LogP) is 5.93. The molecule has 0 aromatic heterocycles. The van der Waals surface area contributed by atoms with E-state index in [1.54, 1.807) is 6.07 Å². The number of halogens is 1. The van der Waals surface area contributed by atoms with Crippen LogP contribution in [-0.2, 0) is 6.42 Å². The summed E-state index contributed by atoms with van der Waals surface area (Å²) in [7, 11) is 0. The average Bonchev–Trinajstić information content (AvgIpc) is 2.51. The second-order valence-corrected chi connectivity index (χ2v) is 10.4. The molecule has 2 fully saturated rings. The van der Waals surface area contributed by atoms with Crippen molar-refractivity contribution in [1.82, 2.24) is 0 Å². The quantitative estimate of drug-likeness (QED) is 0.507. The summed E-state index contributed by atoms with van der Waals surface area (Å²) in [5, 5.41) is 10.2. The molecular formula is C21H29IO2. The second-order valence-electron chi connectivity index (χ2n) is 9.33. The van der Waals surface area contributed by atoms with E-state index >= 15 is 0 Å². The normalized spacial score (nSPS) is 40.0. The summed E-state index contributed by atoms with van der Waals surface area (Å²) in [5.41, 5.74) is 1.68. The van der Waals surface area contributed by atoms with Crippen LogP contribution in [0.3, 0.4) is 0 Å². The van der Waals surface area contributed by atoms with Crippen molar-refractivity contribution in [2.24, 2.45) is 22.7 Å². The number of rotatable bonds is 0. The molecule has 0 saturated heterocycles. The summed E-state index contributed by atoms with van der Waals surface area (Å²) >= 11 is 2.29. The molecule has 1 aromatic carbocycles. The molecule has 0 radical (unpaired) electrons. The molecule has 2 nitrogen and oxygen atoms in total. The Labute approximate surface area is 159 Å². The van der Waals surface area contributed by atoms with Crippen LogP contribution in [0.15, 0.2) is 12.1 Å². The molecule has 4 rings (SSSR count). The van der Waals surface area contributed by atoms with E-state index in [2.05, 4.69) is 50.3 Å². The van der Waals surface area contributed by atoms with Crippen molar-refractivity contribution in [2.45, 2.75) is 71.8 Å². The number of aromatic hydroxyl groups is 1. The van der Waals surface area contributed by atoms with E-state index in [4.69, 9.17) is 4.74 Å². The van der Waals surface area contributed by atoms with Crippen molar-refractivity contribution in [3.8, 4) is 11.5 Å². The maximum Gasteiger partial charge on any atom is 0.129 e. The SMILES string of the molecule is CC1CCC2C(C)(C)CCCC23Oc2ccc(O)c(I)c2CC13C. The molecule has 0 amide bonds. The molecule has 1 spiro atoms. The van der Waals surface area contributed by atoms with E-state index < -0.39 is 0 Å². The maximum atomic E-state index is 10.2. The van der Waals surface area contributed by atoms with Gasteiger partial charge < -0.3 is 9.84 Å². The number of benzene rings is 1. The summed E-state index contributed by atoms with van der Waals surface area (Å²) in [6.07, 6.45) is 7.36. The van der Waals surface area contributed by atoms with E-state index in [1.807, 2.05) is 6.07 Å². The third kappa shape index (κ3) is 2.05. The zero-order valence-electron chi connectivity index (χ0n) is 15.3. The molecule has 2 saturated carbocycles. The highest BCUT2D eigenvalue weighted by Gasteiger charge is 2.65. The van der Waals surface area contributed by atoms with Crippen LogP contribution in [0.2, 0.25) is 0 Å². The second kappa shape index (κ2) is 5.28. The Kier molecular flexibility index (Phi) is 3.73. The van der Waals surface area contributed by atoms with Crippen LogP contribution in [-0.4, -0.2) is 10.7 Å². The molecule has 2 aliphatic carbocycles. The third-order valence-corrected chi connectivity index (χ3v) is 9.04. The molecule has 3 aliphatic rings. The van der Waals surface area contributed by atoms with Gasteiger partial charge in [-0.3, -0.25) is 0 Å². The van der Waals surface area contributed by atoms with Gasteiger partial charge in [0.2, 0.25) is 0 Å². The first-order chi connectivity index (χ1) is 11.2. The van der Waals surface area contributed by atoms with Crippen molar-refractivity contribution in [3.05, 3.63) is 21.3 Å². The van der Waals surface area contributed by atoms with Crippen molar-refractivity contribution >= 4 is 22.6 Å². The van der Waals surface area contributed by atoms with Crippen molar-refractivity contribution in [1.29, 1.82) is 0 Å². The summed E-state index contributed by atoms with van der Waals surface area (Å²) in [6, 6.07) is 3.80. The topological polar surface area (TPSA) is 29.5 Å². The summed E-state index contributed by atoms with van der Waals surface area (Å²) in [4.78, 5) is 0. The van der Waals surface area contributed by atoms with E-state index in [1.165, 1.54) is 37.7 Å². The van der Waals surface area contributed by atoms with Gasteiger partial charge in [-0.2, -0.15) is 0 Å². The molecule has 132 valence electrons. The minimum absolute atomic E-state index is 0.0422. The molecule has 1 aliphatic heterocycles. The van der Waals surface area contributed by atoms with E-state index in [9.17, 15) is 5.11 Å². The van der Waals surface area contributed by atoms with Crippen LogP contribution in [0.5, 0.6) is 11.5 Å². The number of hydrogen-bond donors (Lipinski definition) is 1. The minimum atomic E-state index is -0.0422.